The molecule has 8 atom stereocenters. The van der Waals surface area contributed by atoms with E-state index in [1.807, 2.05) is 0 Å². The molecule has 0 aromatic heterocycles. The van der Waals surface area contributed by atoms with Crippen molar-refractivity contribution in [3.05, 3.63) is 35.9 Å². The van der Waals surface area contributed by atoms with Gasteiger partial charge in [0.05, 0.1) is 22.7 Å². The average Bonchev–Trinajstić information content (AvgIpc) is 3.04. The van der Waals surface area contributed by atoms with E-state index in [1.54, 1.807) is 44.2 Å². The molecular formula is C28H36O11. The van der Waals surface area contributed by atoms with E-state index in [9.17, 15) is 29.4 Å². The molecule has 3 aliphatic rings. The summed E-state index contributed by atoms with van der Waals surface area (Å²) in [6, 6.07) is 8.17. The van der Waals surface area contributed by atoms with Crippen LogP contribution in [-0.2, 0) is 38.1 Å². The molecule has 2 N–H and O–H groups in total. The predicted octanol–water partition coefficient (Wildman–Crippen LogP) is 1.71. The smallest absolute Gasteiger partial charge is 0.338 e. The monoisotopic (exact) mass is 548 g/mol. The Morgan fingerprint density at radius 2 is 1.51 bits per heavy atom. The van der Waals surface area contributed by atoms with Gasteiger partial charge >= 0.3 is 23.9 Å². The first-order valence-electron chi connectivity index (χ1n) is 12.9. The van der Waals surface area contributed by atoms with Crippen LogP contribution in [0.3, 0.4) is 0 Å². The van der Waals surface area contributed by atoms with Crippen molar-refractivity contribution in [1.29, 1.82) is 0 Å². The zero-order valence-electron chi connectivity index (χ0n) is 23.0. The quantitative estimate of drug-likeness (QED) is 0.394. The summed E-state index contributed by atoms with van der Waals surface area (Å²) >= 11 is 0. The molecule has 1 aromatic carbocycles. The molecule has 1 heterocycles. The molecule has 1 spiro atoms. The number of carbonyl (C=O) groups excluding carboxylic acids is 4. The van der Waals surface area contributed by atoms with Gasteiger partial charge in [0, 0.05) is 20.8 Å². The number of benzene rings is 1. The van der Waals surface area contributed by atoms with Gasteiger partial charge in [-0.25, -0.2) is 4.79 Å². The van der Waals surface area contributed by atoms with Crippen LogP contribution in [0, 0.1) is 11.3 Å². The van der Waals surface area contributed by atoms with Crippen LogP contribution in [0.15, 0.2) is 30.3 Å². The van der Waals surface area contributed by atoms with Gasteiger partial charge in [0.1, 0.15) is 36.4 Å². The number of rotatable bonds is 6. The number of aliphatic hydroxyl groups is 2. The van der Waals surface area contributed by atoms with Crippen molar-refractivity contribution < 1.29 is 53.1 Å². The van der Waals surface area contributed by atoms with E-state index in [0.29, 0.717) is 0 Å². The second-order valence-corrected chi connectivity index (χ2v) is 11.4. The van der Waals surface area contributed by atoms with Crippen LogP contribution < -0.4 is 0 Å². The van der Waals surface area contributed by atoms with Crippen molar-refractivity contribution in [3.8, 4) is 0 Å². The van der Waals surface area contributed by atoms with Gasteiger partial charge in [0.2, 0.25) is 0 Å². The van der Waals surface area contributed by atoms with Crippen molar-refractivity contribution >= 4 is 23.9 Å². The van der Waals surface area contributed by atoms with Crippen LogP contribution in [-0.4, -0.2) is 81.9 Å². The Labute approximate surface area is 226 Å². The number of fused-ring (bicyclic) bond motifs is 1. The minimum absolute atomic E-state index is 0.0189. The third kappa shape index (κ3) is 4.40. The minimum atomic E-state index is -1.94. The van der Waals surface area contributed by atoms with E-state index in [-0.39, 0.29) is 18.4 Å². The fourth-order valence-electron chi connectivity index (χ4n) is 7.14. The second kappa shape index (κ2) is 9.87. The number of hydrogen-bond acceptors (Lipinski definition) is 11. The summed E-state index contributed by atoms with van der Waals surface area (Å²) in [5.41, 5.74) is -6.61. The van der Waals surface area contributed by atoms with E-state index >= 15 is 0 Å². The first kappa shape index (κ1) is 29.0. The largest absolute Gasteiger partial charge is 0.465 e. The summed E-state index contributed by atoms with van der Waals surface area (Å²) in [7, 11) is 0. The molecule has 3 fully saturated rings. The van der Waals surface area contributed by atoms with Crippen molar-refractivity contribution in [1.82, 2.24) is 0 Å². The summed E-state index contributed by atoms with van der Waals surface area (Å²) in [5, 5.41) is 23.9. The third-order valence-corrected chi connectivity index (χ3v) is 8.46. The van der Waals surface area contributed by atoms with Gasteiger partial charge in [0.25, 0.3) is 0 Å². The van der Waals surface area contributed by atoms with Gasteiger partial charge in [-0.05, 0) is 45.7 Å². The minimum Gasteiger partial charge on any atom is -0.465 e. The van der Waals surface area contributed by atoms with Gasteiger partial charge in [-0.1, -0.05) is 18.2 Å². The van der Waals surface area contributed by atoms with Gasteiger partial charge in [-0.15, -0.1) is 0 Å². The molecule has 1 aliphatic heterocycles. The van der Waals surface area contributed by atoms with Crippen molar-refractivity contribution in [2.45, 2.75) is 95.6 Å². The molecule has 0 amide bonds. The molecule has 4 rings (SSSR count). The number of hydrogen-bond donors (Lipinski definition) is 2. The van der Waals surface area contributed by atoms with Gasteiger partial charge in [-0.3, -0.25) is 14.4 Å². The van der Waals surface area contributed by atoms with E-state index < -0.39 is 83.0 Å². The van der Waals surface area contributed by atoms with Crippen LogP contribution in [0.5, 0.6) is 0 Å². The molecule has 2 aliphatic carbocycles. The molecule has 11 nitrogen and oxygen atoms in total. The zero-order valence-corrected chi connectivity index (χ0v) is 23.0. The van der Waals surface area contributed by atoms with Crippen LogP contribution in [0.1, 0.15) is 64.7 Å². The Morgan fingerprint density at radius 3 is 2.08 bits per heavy atom. The first-order valence-corrected chi connectivity index (χ1v) is 12.9. The maximum absolute atomic E-state index is 13.3. The van der Waals surface area contributed by atoms with Crippen molar-refractivity contribution in [2.75, 3.05) is 6.61 Å². The second-order valence-electron chi connectivity index (χ2n) is 11.4. The van der Waals surface area contributed by atoms with E-state index in [1.165, 1.54) is 20.8 Å². The molecule has 1 saturated heterocycles. The molecule has 0 radical (unpaired) electrons. The predicted molar refractivity (Wildman–Crippen MR) is 133 cm³/mol. The normalized spacial score (nSPS) is 38.2. The lowest BCUT2D eigenvalue weighted by Gasteiger charge is -2.65. The maximum Gasteiger partial charge on any atom is 0.338 e. The Hall–Kier alpha value is -3.02. The summed E-state index contributed by atoms with van der Waals surface area (Å²) in [6.07, 6.45) is -5.45. The molecule has 1 aromatic rings. The average molecular weight is 549 g/mol. The van der Waals surface area contributed by atoms with E-state index in [0.717, 1.165) is 6.92 Å². The van der Waals surface area contributed by atoms with Crippen LogP contribution in [0.4, 0.5) is 0 Å². The Balaban J connectivity index is 2.01. The molecule has 11 heteroatoms. The lowest BCUT2D eigenvalue weighted by Crippen LogP contribution is -2.83. The molecule has 2 saturated carbocycles. The Kier molecular flexibility index (Phi) is 7.33. The van der Waals surface area contributed by atoms with Gasteiger partial charge in [-0.2, -0.15) is 0 Å². The van der Waals surface area contributed by atoms with Crippen molar-refractivity contribution in [3.63, 3.8) is 0 Å². The summed E-state index contributed by atoms with van der Waals surface area (Å²) < 4.78 is 29.8. The molecular weight excluding hydrogens is 512 g/mol. The Bertz CT molecular complexity index is 1150. The van der Waals surface area contributed by atoms with Crippen LogP contribution >= 0.6 is 0 Å². The number of aliphatic hydroxyl groups excluding tert-OH is 1. The molecule has 39 heavy (non-hydrogen) atoms. The molecule has 8 unspecified atom stereocenters. The summed E-state index contributed by atoms with van der Waals surface area (Å²) in [5.74, 6) is -3.87. The van der Waals surface area contributed by atoms with Crippen LogP contribution in [0.25, 0.3) is 0 Å². The summed E-state index contributed by atoms with van der Waals surface area (Å²) in [4.78, 5) is 50.4. The molecule has 2 bridgehead atoms. The first-order chi connectivity index (χ1) is 18.1. The highest BCUT2D eigenvalue weighted by Crippen LogP contribution is 2.68. The van der Waals surface area contributed by atoms with E-state index in [4.69, 9.17) is 23.7 Å². The highest BCUT2D eigenvalue weighted by atomic mass is 16.6. The van der Waals surface area contributed by atoms with Crippen molar-refractivity contribution in [2.24, 2.45) is 11.3 Å². The van der Waals surface area contributed by atoms with Gasteiger partial charge in [0.15, 0.2) is 5.60 Å². The SMILES string of the molecule is CC(=O)OCC12C(OC(=O)c3ccccc3)CCC(C)(O)C13OC(C)(C)C(C(O)C2OC(C)=O)C3OC(C)=O. The topological polar surface area (TPSA) is 155 Å². The maximum atomic E-state index is 13.3. The van der Waals surface area contributed by atoms with E-state index in [2.05, 4.69) is 0 Å². The number of esters is 4. The lowest BCUT2D eigenvalue weighted by atomic mass is 9.46. The van der Waals surface area contributed by atoms with Gasteiger partial charge < -0.3 is 33.9 Å². The fraction of sp³-hybridized carbons (Fsp3) is 0.643. The highest BCUT2D eigenvalue weighted by molar-refractivity contribution is 5.89. The van der Waals surface area contributed by atoms with Crippen LogP contribution in [0.2, 0.25) is 0 Å². The third-order valence-electron chi connectivity index (χ3n) is 8.46. The zero-order chi connectivity index (χ0) is 29.0. The Morgan fingerprint density at radius 1 is 0.923 bits per heavy atom. The lowest BCUT2D eigenvalue weighted by molar-refractivity contribution is -0.348. The number of carbonyl (C=O) groups is 4. The standard InChI is InChI=1S/C28H36O11/c1-15(29)35-14-27-19(38-24(33)18-10-8-7-9-11-18)12-13-26(6,34)28(27)22(36-16(2)30)20(25(4,5)39-28)21(32)23(27)37-17(3)31/h7-11,19-23,32,34H,12-14H2,1-6H3. The molecule has 214 valence electrons. The fourth-order valence-corrected chi connectivity index (χ4v) is 7.14. The highest BCUT2D eigenvalue weighted by Gasteiger charge is 2.86. The number of ether oxygens (including phenoxy) is 5. The summed E-state index contributed by atoms with van der Waals surface area (Å²) in [6.45, 7) is 7.73.